The number of hydrogen-bond donors (Lipinski definition) is 0. The van der Waals surface area contributed by atoms with Crippen LogP contribution in [-0.4, -0.2) is 19.0 Å². The number of hydrogen-bond acceptors (Lipinski definition) is 4. The summed E-state index contributed by atoms with van der Waals surface area (Å²) in [5, 5.41) is 0. The van der Waals surface area contributed by atoms with Crippen molar-refractivity contribution in [2.45, 2.75) is 6.92 Å². The first kappa shape index (κ1) is 15.7. The number of methoxy groups -OCH3 is 1. The van der Waals surface area contributed by atoms with Crippen LogP contribution in [-0.2, 0) is 9.53 Å². The third kappa shape index (κ3) is 3.29. The average molecular weight is 419 g/mol. The van der Waals surface area contributed by atoms with Gasteiger partial charge in [0.25, 0.3) is 0 Å². The fourth-order valence-electron chi connectivity index (χ4n) is 2.24. The lowest BCUT2D eigenvalue weighted by Gasteiger charge is -2.03. The van der Waals surface area contributed by atoms with Gasteiger partial charge in [-0.05, 0) is 65.4 Å². The fourth-order valence-corrected chi connectivity index (χ4v) is 2.58. The quantitative estimate of drug-likeness (QED) is 0.430. The van der Waals surface area contributed by atoms with E-state index < -0.39 is 5.97 Å². The molecule has 0 bridgehead atoms. The molecule has 0 aliphatic carbocycles. The van der Waals surface area contributed by atoms with Gasteiger partial charge < -0.3 is 9.47 Å². The van der Waals surface area contributed by atoms with E-state index in [4.69, 9.17) is 9.47 Å². The highest BCUT2D eigenvalue weighted by atomic mass is 127. The Bertz CT molecular complexity index is 840. The Morgan fingerprint density at radius 2 is 2.00 bits per heavy atom. The number of halogens is 1. The van der Waals surface area contributed by atoms with E-state index in [1.165, 1.54) is 0 Å². The summed E-state index contributed by atoms with van der Waals surface area (Å²) in [5.41, 5.74) is 2.95. The first-order valence-electron chi connectivity index (χ1n) is 7.00. The van der Waals surface area contributed by atoms with Crippen LogP contribution in [0.25, 0.3) is 6.08 Å². The summed E-state index contributed by atoms with van der Waals surface area (Å²) in [4.78, 5) is 16.4. The normalized spacial score (nSPS) is 15.5. The zero-order valence-corrected chi connectivity index (χ0v) is 14.8. The molecule has 0 aromatic heterocycles. The topological polar surface area (TPSA) is 47.9 Å². The largest absolute Gasteiger partial charge is 0.496 e. The minimum absolute atomic E-state index is 0.265. The number of nitrogens with zero attached hydrogens (tertiary/aromatic N) is 1. The van der Waals surface area contributed by atoms with Crippen molar-refractivity contribution >= 4 is 40.5 Å². The lowest BCUT2D eigenvalue weighted by atomic mass is 10.1. The van der Waals surface area contributed by atoms with Gasteiger partial charge in [-0.15, -0.1) is 0 Å². The maximum Gasteiger partial charge on any atom is 0.363 e. The molecule has 0 spiro atoms. The van der Waals surface area contributed by atoms with Gasteiger partial charge in [-0.3, -0.25) is 0 Å². The Hall–Kier alpha value is -2.15. The Morgan fingerprint density at radius 3 is 2.74 bits per heavy atom. The Morgan fingerprint density at radius 1 is 1.22 bits per heavy atom. The molecule has 4 nitrogen and oxygen atoms in total. The third-order valence-electron chi connectivity index (χ3n) is 3.46. The molecule has 1 heterocycles. The summed E-state index contributed by atoms with van der Waals surface area (Å²) >= 11 is 2.26. The summed E-state index contributed by atoms with van der Waals surface area (Å²) < 4.78 is 11.7. The van der Waals surface area contributed by atoms with E-state index in [2.05, 4.69) is 27.6 Å². The van der Waals surface area contributed by atoms with Gasteiger partial charge in [-0.2, -0.15) is 0 Å². The molecule has 0 unspecified atom stereocenters. The first-order valence-corrected chi connectivity index (χ1v) is 8.08. The van der Waals surface area contributed by atoms with E-state index in [0.717, 1.165) is 20.3 Å². The summed E-state index contributed by atoms with van der Waals surface area (Å²) in [7, 11) is 1.59. The number of aliphatic imine (C=N–C) groups is 1. The van der Waals surface area contributed by atoms with Crippen LogP contribution in [0.5, 0.6) is 5.75 Å². The second-order valence-corrected chi connectivity index (χ2v) is 6.20. The second kappa shape index (κ2) is 6.54. The van der Waals surface area contributed by atoms with Crippen molar-refractivity contribution in [2.75, 3.05) is 7.11 Å². The predicted molar refractivity (Wildman–Crippen MR) is 97.5 cm³/mol. The molecule has 2 aromatic rings. The van der Waals surface area contributed by atoms with Crippen LogP contribution in [0.3, 0.4) is 0 Å². The van der Waals surface area contributed by atoms with E-state index >= 15 is 0 Å². The van der Waals surface area contributed by atoms with Crippen LogP contribution < -0.4 is 4.74 Å². The van der Waals surface area contributed by atoms with Gasteiger partial charge in [0.2, 0.25) is 5.90 Å². The highest BCUT2D eigenvalue weighted by molar-refractivity contribution is 14.1. The average Bonchev–Trinajstić information content (AvgIpc) is 2.91. The molecule has 0 N–H and O–H groups in total. The number of carbonyl (C=O) groups excluding carboxylic acids is 1. The van der Waals surface area contributed by atoms with Gasteiger partial charge >= 0.3 is 5.97 Å². The van der Waals surface area contributed by atoms with Crippen LogP contribution in [0.4, 0.5) is 0 Å². The van der Waals surface area contributed by atoms with Gasteiger partial charge in [-0.25, -0.2) is 9.79 Å². The molecule has 0 radical (unpaired) electrons. The smallest absolute Gasteiger partial charge is 0.363 e. The van der Waals surface area contributed by atoms with Gasteiger partial charge in [0, 0.05) is 14.7 Å². The summed E-state index contributed by atoms with van der Waals surface area (Å²) in [6, 6.07) is 13.3. The first-order chi connectivity index (χ1) is 11.1. The van der Waals surface area contributed by atoms with Gasteiger partial charge in [-0.1, -0.05) is 18.2 Å². The van der Waals surface area contributed by atoms with Crippen LogP contribution in [0.15, 0.2) is 53.2 Å². The minimum Gasteiger partial charge on any atom is -0.496 e. The number of rotatable bonds is 3. The number of para-hydroxylation sites is 1. The molecular weight excluding hydrogens is 405 g/mol. The van der Waals surface area contributed by atoms with Crippen molar-refractivity contribution in [3.05, 3.63) is 68.4 Å². The minimum atomic E-state index is -0.456. The Kier molecular flexibility index (Phi) is 4.47. The molecule has 3 rings (SSSR count). The molecule has 1 aliphatic heterocycles. The number of benzene rings is 2. The highest BCUT2D eigenvalue weighted by Crippen LogP contribution is 2.25. The number of esters is 1. The summed E-state index contributed by atoms with van der Waals surface area (Å²) in [6.45, 7) is 2.01. The van der Waals surface area contributed by atoms with E-state index in [-0.39, 0.29) is 5.70 Å². The van der Waals surface area contributed by atoms with E-state index in [9.17, 15) is 4.79 Å². The SMILES string of the molecule is COc1ccccc1/C=C1\N=C(c2ccc(I)c(C)c2)OC1=O. The molecule has 0 saturated carbocycles. The zero-order valence-electron chi connectivity index (χ0n) is 12.7. The molecule has 116 valence electrons. The summed E-state index contributed by atoms with van der Waals surface area (Å²) in [6.07, 6.45) is 1.67. The Balaban J connectivity index is 1.98. The van der Waals surface area contributed by atoms with Crippen molar-refractivity contribution < 1.29 is 14.3 Å². The number of ether oxygens (including phenoxy) is 2. The van der Waals surface area contributed by atoms with E-state index in [1.54, 1.807) is 13.2 Å². The van der Waals surface area contributed by atoms with Crippen LogP contribution >= 0.6 is 22.6 Å². The number of carbonyl (C=O) groups is 1. The zero-order chi connectivity index (χ0) is 16.4. The third-order valence-corrected chi connectivity index (χ3v) is 4.67. The standard InChI is InChI=1S/C18H14INO3/c1-11-9-13(7-8-14(11)19)17-20-15(18(21)23-17)10-12-5-3-4-6-16(12)22-2/h3-10H,1-2H3/b15-10-. The van der Waals surface area contributed by atoms with Crippen molar-refractivity contribution in [2.24, 2.45) is 4.99 Å². The van der Waals surface area contributed by atoms with Gasteiger partial charge in [0.1, 0.15) is 5.75 Å². The molecule has 0 fully saturated rings. The maximum absolute atomic E-state index is 12.1. The van der Waals surface area contributed by atoms with Crippen LogP contribution in [0.2, 0.25) is 0 Å². The molecule has 5 heteroatoms. The van der Waals surface area contributed by atoms with Gasteiger partial charge in [0.05, 0.1) is 7.11 Å². The van der Waals surface area contributed by atoms with Gasteiger partial charge in [0.15, 0.2) is 5.70 Å². The van der Waals surface area contributed by atoms with Crippen molar-refractivity contribution in [3.8, 4) is 5.75 Å². The van der Waals surface area contributed by atoms with Crippen LogP contribution in [0, 0.1) is 10.5 Å². The predicted octanol–water partition coefficient (Wildman–Crippen LogP) is 3.95. The van der Waals surface area contributed by atoms with E-state index in [0.29, 0.717) is 11.6 Å². The maximum atomic E-state index is 12.1. The Labute approximate surface area is 148 Å². The van der Waals surface area contributed by atoms with Crippen LogP contribution in [0.1, 0.15) is 16.7 Å². The molecule has 0 amide bonds. The molecule has 0 saturated heterocycles. The monoisotopic (exact) mass is 419 g/mol. The molecule has 0 atom stereocenters. The second-order valence-electron chi connectivity index (χ2n) is 5.04. The van der Waals surface area contributed by atoms with Crippen molar-refractivity contribution in [1.82, 2.24) is 0 Å². The molecule has 23 heavy (non-hydrogen) atoms. The van der Waals surface area contributed by atoms with Crippen molar-refractivity contribution in [3.63, 3.8) is 0 Å². The van der Waals surface area contributed by atoms with E-state index in [1.807, 2.05) is 49.4 Å². The molecular formula is C18H14INO3. The molecule has 1 aliphatic rings. The van der Waals surface area contributed by atoms with Crippen molar-refractivity contribution in [1.29, 1.82) is 0 Å². The molecule has 2 aromatic carbocycles. The fraction of sp³-hybridized carbons (Fsp3) is 0.111. The lowest BCUT2D eigenvalue weighted by molar-refractivity contribution is -0.129. The lowest BCUT2D eigenvalue weighted by Crippen LogP contribution is -2.05. The number of aryl methyl sites for hydroxylation is 1. The summed E-state index contributed by atoms with van der Waals surface area (Å²) in [5.74, 6) is 0.555. The highest BCUT2D eigenvalue weighted by Gasteiger charge is 2.24. The number of cyclic esters (lactones) is 1.